The minimum atomic E-state index is -3.51. The monoisotopic (exact) mass is 945 g/mol. The van der Waals surface area contributed by atoms with Gasteiger partial charge in [0, 0.05) is 54.5 Å². The van der Waals surface area contributed by atoms with Gasteiger partial charge in [0.2, 0.25) is 0 Å². The maximum atomic E-state index is 16.6. The van der Waals surface area contributed by atoms with Crippen LogP contribution < -0.4 is 20.7 Å². The van der Waals surface area contributed by atoms with Gasteiger partial charge in [-0.15, -0.1) is 0 Å². The molecule has 0 aliphatic carbocycles. The summed E-state index contributed by atoms with van der Waals surface area (Å²) < 4.78 is 30.3. The Labute approximate surface area is 417 Å². The Kier molecular flexibility index (Phi) is 10.3. The minimum absolute atomic E-state index is 0.497. The molecule has 72 heavy (non-hydrogen) atoms. The lowest BCUT2D eigenvalue weighted by molar-refractivity contribution is 0.435. The fourth-order valence-corrected chi connectivity index (χ4v) is 14.1. The van der Waals surface area contributed by atoms with Crippen molar-refractivity contribution in [2.45, 2.75) is 12.3 Å². The van der Waals surface area contributed by atoms with E-state index < -0.39 is 12.6 Å². The van der Waals surface area contributed by atoms with Crippen molar-refractivity contribution in [3.8, 4) is 56.8 Å². The number of rotatable bonds is 8. The maximum absolute atomic E-state index is 16.6. The highest BCUT2D eigenvalue weighted by atomic mass is 31.2. The number of benzene rings is 9. The first-order valence-electron chi connectivity index (χ1n) is 24.1. The summed E-state index contributed by atoms with van der Waals surface area (Å²) in [6, 6.07) is 72.1. The Morgan fingerprint density at radius 1 is 0.500 bits per heavy atom. The summed E-state index contributed by atoms with van der Waals surface area (Å²) in [7, 11) is -3.51. The van der Waals surface area contributed by atoms with Gasteiger partial charge in [0.15, 0.2) is 24.6 Å². The molecule has 7 heteroatoms. The van der Waals surface area contributed by atoms with Gasteiger partial charge in [-0.1, -0.05) is 213 Å². The molecule has 13 rings (SSSR count). The van der Waals surface area contributed by atoms with Crippen molar-refractivity contribution in [2.24, 2.45) is 0 Å². The third-order valence-electron chi connectivity index (χ3n) is 14.2. The fourth-order valence-electron chi connectivity index (χ4n) is 10.9. The summed E-state index contributed by atoms with van der Waals surface area (Å²) in [6.45, 7) is 5.94. The summed E-state index contributed by atoms with van der Waals surface area (Å²) in [5.41, 5.74) is 11.0. The average molecular weight is 946 g/mol. The number of hydrogen-bond acceptors (Lipinski definition) is 6. The summed E-state index contributed by atoms with van der Waals surface area (Å²) in [4.78, 5) is 15.6. The van der Waals surface area contributed by atoms with E-state index in [1.54, 1.807) is 6.08 Å². The van der Waals surface area contributed by atoms with Gasteiger partial charge < -0.3 is 13.7 Å². The van der Waals surface area contributed by atoms with E-state index in [1.165, 1.54) is 0 Å². The molecular weight excluding hydrogens is 902 g/mol. The van der Waals surface area contributed by atoms with Gasteiger partial charge >= 0.3 is 0 Å². The molecular formula is C65H44N3O3P. The Bertz CT molecular complexity index is 4070. The van der Waals surface area contributed by atoms with Crippen LogP contribution in [-0.4, -0.2) is 15.0 Å². The van der Waals surface area contributed by atoms with Crippen LogP contribution in [0.3, 0.4) is 0 Å². The van der Waals surface area contributed by atoms with Crippen molar-refractivity contribution < 1.29 is 13.7 Å². The number of aromatic nitrogens is 3. The Hall–Kier alpha value is -8.96. The van der Waals surface area contributed by atoms with Gasteiger partial charge in [-0.05, 0) is 70.6 Å². The highest BCUT2D eigenvalue weighted by Gasteiger charge is 2.55. The molecule has 0 radical (unpaired) electrons. The van der Waals surface area contributed by atoms with Crippen LogP contribution in [0.4, 0.5) is 0 Å². The Balaban J connectivity index is 1.04. The van der Waals surface area contributed by atoms with Gasteiger partial charge in [0.1, 0.15) is 22.7 Å². The Morgan fingerprint density at radius 3 is 1.82 bits per heavy atom. The van der Waals surface area contributed by atoms with Gasteiger partial charge in [-0.2, -0.15) is 0 Å². The molecule has 2 atom stereocenters. The van der Waals surface area contributed by atoms with Crippen LogP contribution in [0.5, 0.6) is 11.5 Å². The largest absolute Gasteiger partial charge is 0.457 e. The molecule has 0 saturated carbocycles. The molecule has 9 aromatic carbocycles. The molecule has 6 nitrogen and oxygen atoms in total. The second kappa shape index (κ2) is 17.2. The summed E-state index contributed by atoms with van der Waals surface area (Å²) >= 11 is 0. The lowest BCUT2D eigenvalue weighted by Gasteiger charge is -2.47. The number of para-hydroxylation sites is 2. The molecule has 1 spiro atoms. The van der Waals surface area contributed by atoms with Gasteiger partial charge in [0.25, 0.3) is 0 Å². The number of allylic oxidation sites excluding steroid dienone is 5. The normalized spacial score (nSPS) is 16.8. The zero-order chi connectivity index (χ0) is 48.4. The molecule has 2 aromatic heterocycles. The molecule has 11 aromatic rings. The van der Waals surface area contributed by atoms with Crippen molar-refractivity contribution in [2.75, 3.05) is 0 Å². The van der Waals surface area contributed by atoms with Crippen LogP contribution in [0.25, 0.3) is 72.8 Å². The van der Waals surface area contributed by atoms with E-state index in [2.05, 4.69) is 128 Å². The highest BCUT2D eigenvalue weighted by molar-refractivity contribution is 7.85. The first-order chi connectivity index (χ1) is 35.4. The summed E-state index contributed by atoms with van der Waals surface area (Å²) in [5.74, 6) is 2.93. The van der Waals surface area contributed by atoms with E-state index >= 15 is 4.57 Å². The molecule has 342 valence electrons. The van der Waals surface area contributed by atoms with Crippen molar-refractivity contribution in [3.63, 3.8) is 0 Å². The van der Waals surface area contributed by atoms with Crippen LogP contribution in [0.2, 0.25) is 0 Å². The fraction of sp³-hybridized carbons (Fsp3) is 0.0308. The molecule has 4 heterocycles. The van der Waals surface area contributed by atoms with Crippen molar-refractivity contribution in [3.05, 3.63) is 271 Å². The lowest BCUT2D eigenvalue weighted by atomic mass is 9.63. The zero-order valence-electron chi connectivity index (χ0n) is 39.2. The third kappa shape index (κ3) is 6.71. The van der Waals surface area contributed by atoms with Crippen molar-refractivity contribution >= 4 is 50.6 Å². The molecule has 2 aliphatic heterocycles. The minimum Gasteiger partial charge on any atom is -0.457 e. The molecule has 0 fully saturated rings. The van der Waals surface area contributed by atoms with Crippen LogP contribution in [0, 0.1) is 0 Å². The number of nitrogens with zero attached hydrogens (tertiary/aromatic N) is 3. The zero-order valence-corrected chi connectivity index (χ0v) is 40.1. The summed E-state index contributed by atoms with van der Waals surface area (Å²) in [6.07, 6.45) is 7.89. The molecule has 0 saturated heterocycles. The van der Waals surface area contributed by atoms with E-state index in [1.807, 2.05) is 116 Å². The van der Waals surface area contributed by atoms with Crippen LogP contribution >= 0.6 is 7.14 Å². The van der Waals surface area contributed by atoms with E-state index in [0.29, 0.717) is 34.6 Å². The Morgan fingerprint density at radius 2 is 1.08 bits per heavy atom. The van der Waals surface area contributed by atoms with E-state index in [-0.39, 0.29) is 0 Å². The van der Waals surface area contributed by atoms with Crippen molar-refractivity contribution in [1.29, 1.82) is 0 Å². The number of ether oxygens (including phenoxy) is 1. The lowest BCUT2D eigenvalue weighted by Crippen LogP contribution is -2.47. The highest BCUT2D eigenvalue weighted by Crippen LogP contribution is 2.62. The standard InChI is InChI=1S/C65H44N3O3P/c1-3-17-42(18-4-2)44-29-33-46(34-30-44)62-66-63(47-35-31-45(32-36-47)43-19-7-5-8-20-43)68-64(67-62)48-37-38-53-59(39-48)71-57-27-15-12-24-52(57)65(53)54-25-13-16-28-60(54)72(69,49-21-9-6-10-22-49)61-41-58-51(40-55(61)65)50-23-11-14-26-56(50)70-58/h3-41H,1H2,2H3/b18-4-,42-17+. The van der Waals surface area contributed by atoms with E-state index in [4.69, 9.17) is 24.1 Å². The van der Waals surface area contributed by atoms with Gasteiger partial charge in [-0.3, -0.25) is 0 Å². The SMILES string of the molecule is C=C/C=C(\C=C/C)c1ccc(-c2nc(-c3ccc(-c4ccccc4)cc3)nc(-c3ccc4c(c3)Oc3ccccc3C43c4ccccc4P(=O)(c4ccccc4)c4cc5oc6ccccc6c5cc43)n2)cc1. The van der Waals surface area contributed by atoms with E-state index in [9.17, 15) is 0 Å². The molecule has 2 aliphatic rings. The molecule has 0 bridgehead atoms. The second-order valence-electron chi connectivity index (χ2n) is 18.2. The van der Waals surface area contributed by atoms with E-state index in [0.717, 1.165) is 93.5 Å². The maximum Gasteiger partial charge on any atom is 0.171 e. The summed E-state index contributed by atoms with van der Waals surface area (Å²) in [5, 5.41) is 4.22. The quantitative estimate of drug-likeness (QED) is 0.112. The topological polar surface area (TPSA) is 78.1 Å². The van der Waals surface area contributed by atoms with Gasteiger partial charge in [-0.25, -0.2) is 15.0 Å². The second-order valence-corrected chi connectivity index (χ2v) is 20.9. The third-order valence-corrected chi connectivity index (χ3v) is 17.3. The van der Waals surface area contributed by atoms with Crippen LogP contribution in [0.1, 0.15) is 34.7 Å². The predicted octanol–water partition coefficient (Wildman–Crippen LogP) is 15.0. The van der Waals surface area contributed by atoms with Crippen molar-refractivity contribution in [1.82, 2.24) is 15.0 Å². The number of fused-ring (bicyclic) bond motifs is 11. The molecule has 0 N–H and O–H groups in total. The van der Waals surface area contributed by atoms with Crippen LogP contribution in [-0.2, 0) is 9.98 Å². The van der Waals surface area contributed by atoms with Gasteiger partial charge in [0.05, 0.1) is 5.41 Å². The smallest absolute Gasteiger partial charge is 0.171 e. The number of hydrogen-bond donors (Lipinski definition) is 0. The first kappa shape index (κ1) is 43.1. The number of furan rings is 1. The molecule has 2 unspecified atom stereocenters. The molecule has 0 amide bonds. The predicted molar refractivity (Wildman–Crippen MR) is 293 cm³/mol. The average Bonchev–Trinajstić information content (AvgIpc) is 3.82. The van der Waals surface area contributed by atoms with Crippen LogP contribution in [0.15, 0.2) is 248 Å². The first-order valence-corrected chi connectivity index (χ1v) is 25.8.